The van der Waals surface area contributed by atoms with E-state index in [1.807, 2.05) is 61.5 Å². The third kappa shape index (κ3) is 3.94. The fraction of sp³-hybridized carbons (Fsp3) is 0.107. The van der Waals surface area contributed by atoms with E-state index in [4.69, 9.17) is 22.1 Å². The van der Waals surface area contributed by atoms with Gasteiger partial charge >= 0.3 is 0 Å². The Bertz CT molecular complexity index is 1470. The first-order valence-corrected chi connectivity index (χ1v) is 11.2. The Morgan fingerprint density at radius 2 is 1.76 bits per heavy atom. The van der Waals surface area contributed by atoms with Crippen LogP contribution in [0.25, 0.3) is 32.9 Å². The van der Waals surface area contributed by atoms with Crippen molar-refractivity contribution in [3.05, 3.63) is 101 Å². The summed E-state index contributed by atoms with van der Waals surface area (Å²) < 4.78 is 7.79. The van der Waals surface area contributed by atoms with E-state index in [1.54, 1.807) is 6.07 Å². The highest BCUT2D eigenvalue weighted by Crippen LogP contribution is 2.35. The molecule has 0 aliphatic heterocycles. The van der Waals surface area contributed by atoms with Gasteiger partial charge in [0, 0.05) is 27.9 Å². The van der Waals surface area contributed by atoms with Gasteiger partial charge in [-0.3, -0.25) is 4.79 Å². The molecule has 1 aromatic heterocycles. The molecule has 1 heterocycles. The molecular weight excluding hydrogens is 432 g/mol. The summed E-state index contributed by atoms with van der Waals surface area (Å²) >= 11 is 6.08. The summed E-state index contributed by atoms with van der Waals surface area (Å²) in [5.41, 5.74) is 11.3. The van der Waals surface area contributed by atoms with Crippen molar-refractivity contribution in [1.82, 2.24) is 4.57 Å². The number of fused-ring (bicyclic) bond motifs is 3. The Hall–Kier alpha value is -3.76. The van der Waals surface area contributed by atoms with Crippen LogP contribution in [0.15, 0.2) is 78.9 Å². The van der Waals surface area contributed by atoms with Crippen LogP contribution in [0.4, 0.5) is 0 Å². The molecule has 0 spiro atoms. The predicted octanol–water partition coefficient (Wildman–Crippen LogP) is 6.46. The van der Waals surface area contributed by atoms with Gasteiger partial charge < -0.3 is 15.0 Å². The number of nitrogens with zero attached hydrogens (tertiary/aromatic N) is 1. The van der Waals surface area contributed by atoms with Crippen LogP contribution in [0.3, 0.4) is 0 Å². The number of carbonyl (C=O) groups is 1. The van der Waals surface area contributed by atoms with E-state index in [-0.39, 0.29) is 0 Å². The van der Waals surface area contributed by atoms with E-state index in [0.717, 1.165) is 44.2 Å². The summed E-state index contributed by atoms with van der Waals surface area (Å²) in [6, 6.07) is 29.0. The first-order valence-electron chi connectivity index (χ1n) is 10.8. The number of halogens is 1. The summed E-state index contributed by atoms with van der Waals surface area (Å²) in [5, 5.41) is 2.40. The van der Waals surface area contributed by atoms with Crippen molar-refractivity contribution in [2.75, 3.05) is 6.61 Å². The number of nitrogens with two attached hydrogens (primary N) is 1. The van der Waals surface area contributed by atoms with Crippen molar-refractivity contribution < 1.29 is 9.53 Å². The quantitative estimate of drug-likeness (QED) is 0.320. The fourth-order valence-electron chi connectivity index (χ4n) is 4.28. The lowest BCUT2D eigenvalue weighted by Crippen LogP contribution is -2.11. The maximum absolute atomic E-state index is 12.2. The van der Waals surface area contributed by atoms with Crippen LogP contribution in [-0.2, 0) is 6.54 Å². The minimum Gasteiger partial charge on any atom is -0.494 e. The molecule has 0 unspecified atom stereocenters. The lowest BCUT2D eigenvalue weighted by atomic mass is 10.0. The summed E-state index contributed by atoms with van der Waals surface area (Å²) in [4.78, 5) is 12.2. The van der Waals surface area contributed by atoms with E-state index in [9.17, 15) is 4.79 Å². The molecule has 0 bridgehead atoms. The van der Waals surface area contributed by atoms with Crippen LogP contribution in [0.2, 0.25) is 5.02 Å². The molecular formula is C28H22ClN2O2. The normalized spacial score (nSPS) is 11.2. The van der Waals surface area contributed by atoms with Gasteiger partial charge in [0.15, 0.2) is 0 Å². The predicted molar refractivity (Wildman–Crippen MR) is 134 cm³/mol. The monoisotopic (exact) mass is 453 g/mol. The van der Waals surface area contributed by atoms with Gasteiger partial charge in [0.05, 0.1) is 17.6 Å². The number of rotatable bonds is 6. The molecule has 5 rings (SSSR count). The largest absolute Gasteiger partial charge is 0.494 e. The van der Waals surface area contributed by atoms with Gasteiger partial charge in [0.25, 0.3) is 0 Å². The second kappa shape index (κ2) is 8.64. The summed E-state index contributed by atoms with van der Waals surface area (Å²) in [5.74, 6) is 0.397. The minimum atomic E-state index is -0.448. The van der Waals surface area contributed by atoms with E-state index >= 15 is 0 Å². The molecule has 33 heavy (non-hydrogen) atoms. The van der Waals surface area contributed by atoms with Crippen molar-refractivity contribution in [2.24, 2.45) is 5.73 Å². The Morgan fingerprint density at radius 1 is 1.00 bits per heavy atom. The number of carbonyl (C=O) groups excluding carboxylic acids is 1. The topological polar surface area (TPSA) is 57.2 Å². The second-order valence-electron chi connectivity index (χ2n) is 7.88. The molecule has 5 aromatic rings. The van der Waals surface area contributed by atoms with E-state index in [0.29, 0.717) is 23.7 Å². The standard InChI is InChI=1S/C28H22ClN2O2/c1-2-33-22-13-6-18(7-14-22)17-31-25-5-3-4-24(28(30)32)27(25)23-15-10-20(16-26(23)31)19-8-11-21(29)12-9-19/h3-14,16H,2,17H2,1H3,(H2,30,32). The number of hydrogen-bond donors (Lipinski definition) is 1. The Labute approximate surface area is 197 Å². The maximum atomic E-state index is 12.2. The van der Waals surface area contributed by atoms with Gasteiger partial charge in [0.2, 0.25) is 5.91 Å². The average Bonchev–Trinajstić information content (AvgIpc) is 3.14. The van der Waals surface area contributed by atoms with Gasteiger partial charge in [-0.1, -0.05) is 41.9 Å². The Morgan fingerprint density at radius 3 is 2.45 bits per heavy atom. The number of amides is 1. The van der Waals surface area contributed by atoms with E-state index in [1.165, 1.54) is 0 Å². The number of hydrogen-bond acceptors (Lipinski definition) is 2. The number of benzene rings is 4. The molecule has 0 aliphatic rings. The van der Waals surface area contributed by atoms with Crippen LogP contribution < -0.4 is 10.5 Å². The molecule has 1 amide bonds. The third-order valence-corrected chi connectivity index (χ3v) is 6.06. The number of ether oxygens (including phenoxy) is 1. The Kier molecular flexibility index (Phi) is 5.53. The Balaban J connectivity index is 1.71. The van der Waals surface area contributed by atoms with Crippen molar-refractivity contribution >= 4 is 39.3 Å². The molecule has 0 saturated carbocycles. The van der Waals surface area contributed by atoms with Gasteiger partial charge in [-0.25, -0.2) is 0 Å². The lowest BCUT2D eigenvalue weighted by molar-refractivity contribution is 0.100. The van der Waals surface area contributed by atoms with Gasteiger partial charge in [-0.2, -0.15) is 0 Å². The van der Waals surface area contributed by atoms with Gasteiger partial charge in [0.1, 0.15) is 5.75 Å². The average molecular weight is 454 g/mol. The summed E-state index contributed by atoms with van der Waals surface area (Å²) in [6.07, 6.45) is 0. The molecule has 2 N–H and O–H groups in total. The highest BCUT2D eigenvalue weighted by atomic mass is 35.5. The number of aromatic nitrogens is 1. The molecule has 0 fully saturated rings. The summed E-state index contributed by atoms with van der Waals surface area (Å²) in [6.45, 7) is 3.23. The zero-order valence-corrected chi connectivity index (χ0v) is 18.9. The maximum Gasteiger partial charge on any atom is 0.249 e. The zero-order chi connectivity index (χ0) is 22.9. The van der Waals surface area contributed by atoms with Crippen LogP contribution in [0.1, 0.15) is 22.8 Å². The highest BCUT2D eigenvalue weighted by molar-refractivity contribution is 6.30. The third-order valence-electron chi connectivity index (χ3n) is 5.81. The molecule has 4 aromatic carbocycles. The van der Waals surface area contributed by atoms with Crippen LogP contribution in [0, 0.1) is 6.07 Å². The SMILES string of the molecule is CCOc1ccc(Cn2c3cc(-c4ccc(Cl)cc4)c[c]c3c3c(C(N)=O)cccc32)cc1. The van der Waals surface area contributed by atoms with Crippen molar-refractivity contribution in [3.8, 4) is 16.9 Å². The van der Waals surface area contributed by atoms with Gasteiger partial charge in [-0.05, 0) is 78.2 Å². The van der Waals surface area contributed by atoms with Crippen LogP contribution in [0.5, 0.6) is 5.75 Å². The lowest BCUT2D eigenvalue weighted by Gasteiger charge is -2.10. The zero-order valence-electron chi connectivity index (χ0n) is 18.1. The van der Waals surface area contributed by atoms with Crippen molar-refractivity contribution in [1.29, 1.82) is 0 Å². The molecule has 0 saturated heterocycles. The van der Waals surface area contributed by atoms with E-state index in [2.05, 4.69) is 28.8 Å². The molecule has 4 nitrogen and oxygen atoms in total. The highest BCUT2D eigenvalue weighted by Gasteiger charge is 2.17. The van der Waals surface area contributed by atoms with Crippen LogP contribution in [-0.4, -0.2) is 17.1 Å². The molecule has 5 heteroatoms. The van der Waals surface area contributed by atoms with E-state index < -0.39 is 5.91 Å². The summed E-state index contributed by atoms with van der Waals surface area (Å²) in [7, 11) is 0. The van der Waals surface area contributed by atoms with Crippen molar-refractivity contribution in [2.45, 2.75) is 13.5 Å². The molecule has 1 radical (unpaired) electrons. The minimum absolute atomic E-state index is 0.448. The first kappa shape index (κ1) is 21.1. The van der Waals surface area contributed by atoms with Crippen molar-refractivity contribution in [3.63, 3.8) is 0 Å². The fourth-order valence-corrected chi connectivity index (χ4v) is 4.41. The smallest absolute Gasteiger partial charge is 0.249 e. The first-order chi connectivity index (χ1) is 16.0. The second-order valence-corrected chi connectivity index (χ2v) is 8.32. The molecule has 0 atom stereocenters. The number of primary amides is 1. The van der Waals surface area contributed by atoms with Crippen LogP contribution >= 0.6 is 11.6 Å². The van der Waals surface area contributed by atoms with Gasteiger partial charge in [-0.15, -0.1) is 0 Å². The molecule has 0 aliphatic carbocycles. The molecule has 163 valence electrons.